The highest BCUT2D eigenvalue weighted by Crippen LogP contribution is 2.09. The van der Waals surface area contributed by atoms with Gasteiger partial charge in [-0.1, -0.05) is 6.92 Å². The lowest BCUT2D eigenvalue weighted by molar-refractivity contribution is 0.648. The Hall–Kier alpha value is -1.20. The Morgan fingerprint density at radius 2 is 2.19 bits per heavy atom. The van der Waals surface area contributed by atoms with Gasteiger partial charge in [-0.3, -0.25) is 4.68 Å². The molecule has 86 valence electrons. The van der Waals surface area contributed by atoms with Gasteiger partial charge in [-0.2, -0.15) is 5.10 Å². The molecule has 0 radical (unpaired) electrons. The van der Waals surface area contributed by atoms with Crippen molar-refractivity contribution in [1.29, 1.82) is 0 Å². The minimum Gasteiger partial charge on any atom is -0.305 e. The topological polar surface area (TPSA) is 42.7 Å². The third kappa shape index (κ3) is 2.90. The first kappa shape index (κ1) is 11.3. The molecule has 0 aliphatic carbocycles. The zero-order valence-corrected chi connectivity index (χ0v) is 10.4. The molecule has 2 aromatic heterocycles. The molecule has 0 amide bonds. The lowest BCUT2D eigenvalue weighted by Crippen LogP contribution is -2.13. The predicted molar refractivity (Wildman–Crippen MR) is 65.2 cm³/mol. The lowest BCUT2D eigenvalue weighted by Gasteiger charge is -1.99. The Labute approximate surface area is 99.3 Å². The summed E-state index contributed by atoms with van der Waals surface area (Å²) in [6, 6.07) is 2.02. The summed E-state index contributed by atoms with van der Waals surface area (Å²) in [5.41, 5.74) is 2.19. The van der Waals surface area contributed by atoms with Crippen LogP contribution in [0.15, 0.2) is 17.6 Å². The number of hydrogen-bond donors (Lipinski definition) is 1. The largest absolute Gasteiger partial charge is 0.305 e. The van der Waals surface area contributed by atoms with Crippen molar-refractivity contribution >= 4 is 11.3 Å². The van der Waals surface area contributed by atoms with Crippen LogP contribution in [-0.4, -0.2) is 14.8 Å². The van der Waals surface area contributed by atoms with Crippen molar-refractivity contribution in [1.82, 2.24) is 20.1 Å². The van der Waals surface area contributed by atoms with Crippen LogP contribution in [0.3, 0.4) is 0 Å². The first-order valence-corrected chi connectivity index (χ1v) is 6.28. The summed E-state index contributed by atoms with van der Waals surface area (Å²) in [7, 11) is 1.93. The van der Waals surface area contributed by atoms with E-state index in [-0.39, 0.29) is 0 Å². The molecular weight excluding hydrogens is 220 g/mol. The van der Waals surface area contributed by atoms with Gasteiger partial charge < -0.3 is 5.32 Å². The summed E-state index contributed by atoms with van der Waals surface area (Å²) in [4.78, 5) is 4.50. The maximum atomic E-state index is 4.50. The Bertz CT molecular complexity index is 446. The molecule has 5 heteroatoms. The molecule has 2 aromatic rings. The van der Waals surface area contributed by atoms with Crippen molar-refractivity contribution in [2.75, 3.05) is 0 Å². The zero-order valence-electron chi connectivity index (χ0n) is 9.60. The second-order valence-electron chi connectivity index (χ2n) is 3.67. The van der Waals surface area contributed by atoms with E-state index in [1.807, 2.05) is 24.0 Å². The predicted octanol–water partition coefficient (Wildman–Crippen LogP) is 1.73. The van der Waals surface area contributed by atoms with Crippen LogP contribution in [-0.2, 0) is 26.6 Å². The van der Waals surface area contributed by atoms with Gasteiger partial charge in [0.15, 0.2) is 0 Å². The van der Waals surface area contributed by atoms with Gasteiger partial charge in [0.1, 0.15) is 0 Å². The van der Waals surface area contributed by atoms with Crippen LogP contribution >= 0.6 is 11.3 Å². The Morgan fingerprint density at radius 3 is 2.81 bits per heavy atom. The fourth-order valence-corrected chi connectivity index (χ4v) is 2.21. The van der Waals surface area contributed by atoms with E-state index in [0.29, 0.717) is 0 Å². The summed E-state index contributed by atoms with van der Waals surface area (Å²) < 4.78 is 1.81. The van der Waals surface area contributed by atoms with E-state index in [2.05, 4.69) is 27.7 Å². The van der Waals surface area contributed by atoms with Crippen LogP contribution in [0.25, 0.3) is 0 Å². The van der Waals surface area contributed by atoms with Crippen LogP contribution in [0.4, 0.5) is 0 Å². The third-order valence-electron chi connectivity index (χ3n) is 2.28. The van der Waals surface area contributed by atoms with Gasteiger partial charge in [0, 0.05) is 31.7 Å². The first-order chi connectivity index (χ1) is 7.78. The summed E-state index contributed by atoms with van der Waals surface area (Å²) in [6.07, 6.45) is 2.97. The molecule has 0 unspecified atom stereocenters. The van der Waals surface area contributed by atoms with Gasteiger partial charge in [-0.25, -0.2) is 4.98 Å². The standard InChI is InChI=1S/C11H16N4S/c1-3-11-13-10(8-16-11)7-12-6-9-4-5-15(2)14-9/h4-5,8,12H,3,6-7H2,1-2H3. The molecule has 2 heterocycles. The number of rotatable bonds is 5. The first-order valence-electron chi connectivity index (χ1n) is 5.40. The number of hydrogen-bond acceptors (Lipinski definition) is 4. The highest BCUT2D eigenvalue weighted by molar-refractivity contribution is 7.09. The van der Waals surface area contributed by atoms with Gasteiger partial charge in [-0.05, 0) is 12.5 Å². The van der Waals surface area contributed by atoms with E-state index in [1.165, 1.54) is 5.01 Å². The quantitative estimate of drug-likeness (QED) is 0.859. The molecule has 0 spiro atoms. The van der Waals surface area contributed by atoms with Crippen molar-refractivity contribution in [3.05, 3.63) is 34.0 Å². The molecule has 4 nitrogen and oxygen atoms in total. The van der Waals surface area contributed by atoms with E-state index in [1.54, 1.807) is 11.3 Å². The second-order valence-corrected chi connectivity index (χ2v) is 4.61. The molecule has 2 rings (SSSR count). The highest BCUT2D eigenvalue weighted by atomic mass is 32.1. The monoisotopic (exact) mass is 236 g/mol. The number of aryl methyl sites for hydroxylation is 2. The van der Waals surface area contributed by atoms with E-state index in [9.17, 15) is 0 Å². The van der Waals surface area contributed by atoms with Crippen LogP contribution < -0.4 is 5.32 Å². The summed E-state index contributed by atoms with van der Waals surface area (Å²) in [5, 5.41) is 11.0. The van der Waals surface area contributed by atoms with Crippen LogP contribution in [0.2, 0.25) is 0 Å². The minimum atomic E-state index is 0.791. The smallest absolute Gasteiger partial charge is 0.0926 e. The number of nitrogens with one attached hydrogen (secondary N) is 1. The normalized spacial score (nSPS) is 10.9. The van der Waals surface area contributed by atoms with Gasteiger partial charge in [0.25, 0.3) is 0 Å². The van der Waals surface area contributed by atoms with Gasteiger partial charge in [0.05, 0.1) is 16.4 Å². The maximum Gasteiger partial charge on any atom is 0.0926 e. The maximum absolute atomic E-state index is 4.50. The fourth-order valence-electron chi connectivity index (χ4n) is 1.47. The zero-order chi connectivity index (χ0) is 11.4. The van der Waals surface area contributed by atoms with Gasteiger partial charge in [-0.15, -0.1) is 11.3 Å². The Kier molecular flexibility index (Phi) is 3.69. The Morgan fingerprint density at radius 1 is 1.38 bits per heavy atom. The average molecular weight is 236 g/mol. The van der Waals surface area contributed by atoms with Crippen LogP contribution in [0.5, 0.6) is 0 Å². The molecule has 0 fully saturated rings. The summed E-state index contributed by atoms with van der Waals surface area (Å²) >= 11 is 1.73. The van der Waals surface area contributed by atoms with Crippen molar-refractivity contribution in [2.24, 2.45) is 7.05 Å². The fraction of sp³-hybridized carbons (Fsp3) is 0.455. The third-order valence-corrected chi connectivity index (χ3v) is 3.32. The van der Waals surface area contributed by atoms with Gasteiger partial charge >= 0.3 is 0 Å². The van der Waals surface area contributed by atoms with Crippen LogP contribution in [0, 0.1) is 0 Å². The number of aromatic nitrogens is 3. The van der Waals surface area contributed by atoms with Gasteiger partial charge in [0.2, 0.25) is 0 Å². The Balaban J connectivity index is 1.79. The SMILES string of the molecule is CCc1nc(CNCc2ccn(C)n2)cs1. The van der Waals surface area contributed by atoms with E-state index >= 15 is 0 Å². The molecule has 16 heavy (non-hydrogen) atoms. The van der Waals surface area contributed by atoms with Crippen molar-refractivity contribution in [3.63, 3.8) is 0 Å². The lowest BCUT2D eigenvalue weighted by atomic mass is 10.4. The number of nitrogens with zero attached hydrogens (tertiary/aromatic N) is 3. The van der Waals surface area contributed by atoms with E-state index in [0.717, 1.165) is 30.9 Å². The van der Waals surface area contributed by atoms with Crippen molar-refractivity contribution in [2.45, 2.75) is 26.4 Å². The van der Waals surface area contributed by atoms with Crippen molar-refractivity contribution in [3.8, 4) is 0 Å². The molecule has 0 aliphatic rings. The molecule has 0 bridgehead atoms. The molecule has 0 aromatic carbocycles. The molecule has 0 saturated carbocycles. The summed E-state index contributed by atoms with van der Waals surface area (Å²) in [5.74, 6) is 0. The second kappa shape index (κ2) is 5.23. The molecule has 1 N–H and O–H groups in total. The van der Waals surface area contributed by atoms with Crippen molar-refractivity contribution < 1.29 is 0 Å². The van der Waals surface area contributed by atoms with E-state index in [4.69, 9.17) is 0 Å². The number of thiazole rings is 1. The highest BCUT2D eigenvalue weighted by Gasteiger charge is 2.00. The minimum absolute atomic E-state index is 0.791. The molecule has 0 atom stereocenters. The molecule has 0 saturated heterocycles. The molecule has 0 aliphatic heterocycles. The van der Waals surface area contributed by atoms with E-state index < -0.39 is 0 Å². The average Bonchev–Trinajstić information content (AvgIpc) is 2.88. The summed E-state index contributed by atoms with van der Waals surface area (Å²) in [6.45, 7) is 3.73. The molecular formula is C11H16N4S. The van der Waals surface area contributed by atoms with Crippen LogP contribution in [0.1, 0.15) is 23.3 Å².